The van der Waals surface area contributed by atoms with E-state index in [0.29, 0.717) is 32.5 Å². The fourth-order valence-electron chi connectivity index (χ4n) is 4.34. The van der Waals surface area contributed by atoms with Crippen molar-refractivity contribution in [2.24, 2.45) is 5.73 Å². The Morgan fingerprint density at radius 1 is 1.24 bits per heavy atom. The molecule has 1 fully saturated rings. The average Bonchev–Trinajstić information content (AvgIpc) is 3.47. The van der Waals surface area contributed by atoms with Crippen LogP contribution in [-0.4, -0.2) is 58.8 Å². The summed E-state index contributed by atoms with van der Waals surface area (Å²) in [6.45, 7) is 1.36. The first kappa shape index (κ1) is 26.3. The van der Waals surface area contributed by atoms with E-state index in [2.05, 4.69) is 5.32 Å². The molecule has 0 aromatic heterocycles. The molecule has 7 nitrogen and oxygen atoms in total. The van der Waals surface area contributed by atoms with E-state index in [1.807, 2.05) is 45.9 Å². The van der Waals surface area contributed by atoms with Crippen LogP contribution >= 0.6 is 21.6 Å². The smallest absolute Gasteiger partial charge is 0.307 e. The molecule has 1 amide bonds. The van der Waals surface area contributed by atoms with Gasteiger partial charge in [-0.05, 0) is 49.8 Å². The number of carbonyl (C=O) groups excluding carboxylic acids is 2. The Morgan fingerprint density at radius 3 is 2.85 bits per heavy atom. The number of rotatable bonds is 14. The van der Waals surface area contributed by atoms with Gasteiger partial charge >= 0.3 is 5.97 Å². The van der Waals surface area contributed by atoms with E-state index in [-0.39, 0.29) is 30.9 Å². The molecule has 3 rings (SSSR count). The fraction of sp³-hybridized carbons (Fsp3) is 0.667. The monoisotopic (exact) mass is 495 g/mol. The van der Waals surface area contributed by atoms with Crippen molar-refractivity contribution in [1.29, 1.82) is 0 Å². The Morgan fingerprint density at radius 2 is 2.09 bits per heavy atom. The van der Waals surface area contributed by atoms with Crippen LogP contribution in [0.3, 0.4) is 0 Å². The van der Waals surface area contributed by atoms with Crippen LogP contribution in [0.2, 0.25) is 0 Å². The maximum absolute atomic E-state index is 12.8. The summed E-state index contributed by atoms with van der Waals surface area (Å²) in [6, 6.07) is 7.56. The lowest BCUT2D eigenvalue weighted by Crippen LogP contribution is -2.38. The summed E-state index contributed by atoms with van der Waals surface area (Å²) in [7, 11) is 3.92. The van der Waals surface area contributed by atoms with Crippen LogP contribution in [-0.2, 0) is 20.9 Å². The van der Waals surface area contributed by atoms with Crippen molar-refractivity contribution in [3.05, 3.63) is 35.4 Å². The van der Waals surface area contributed by atoms with Gasteiger partial charge in [0.15, 0.2) is 6.23 Å². The van der Waals surface area contributed by atoms with Gasteiger partial charge < -0.3 is 20.5 Å². The average molecular weight is 496 g/mol. The summed E-state index contributed by atoms with van der Waals surface area (Å²) >= 11 is 0. The standard InChI is InChI=1S/C24H37N3O4S2/c25-13-5-9-22(31-24(30)10-4-2-7-19-12-15-32-33-19)26-14-11-23(29)27-16-18-6-1-3-8-20(18)21(27)17-28/h1,3,6,8,19,21-22,26,28H,2,4-5,7,9-17,25H2. The molecule has 9 heteroatoms. The van der Waals surface area contributed by atoms with Gasteiger partial charge in [-0.3, -0.25) is 14.9 Å². The third-order valence-electron chi connectivity index (χ3n) is 6.16. The van der Waals surface area contributed by atoms with E-state index in [4.69, 9.17) is 10.5 Å². The van der Waals surface area contributed by atoms with Crippen molar-refractivity contribution < 1.29 is 19.4 Å². The number of aliphatic hydroxyl groups is 1. The molecule has 3 atom stereocenters. The predicted molar refractivity (Wildman–Crippen MR) is 135 cm³/mol. The number of fused-ring (bicyclic) bond motifs is 1. The Hall–Kier alpha value is -1.26. The zero-order valence-electron chi connectivity index (χ0n) is 19.2. The van der Waals surface area contributed by atoms with Gasteiger partial charge in [0.25, 0.3) is 0 Å². The SMILES string of the molecule is NCCCC(NCCC(=O)N1Cc2ccccc2C1CO)OC(=O)CCCCC1CCSS1. The Labute approximate surface area is 205 Å². The first-order valence-corrected chi connectivity index (χ1v) is 14.4. The van der Waals surface area contributed by atoms with Gasteiger partial charge in [0, 0.05) is 36.9 Å². The van der Waals surface area contributed by atoms with Gasteiger partial charge in [-0.25, -0.2) is 0 Å². The first-order valence-electron chi connectivity index (χ1n) is 12.0. The second-order valence-electron chi connectivity index (χ2n) is 8.61. The molecule has 4 N–H and O–H groups in total. The number of ether oxygens (including phenoxy) is 1. The number of nitrogens with one attached hydrogen (secondary N) is 1. The topological polar surface area (TPSA) is 105 Å². The van der Waals surface area contributed by atoms with Crippen LogP contribution in [0, 0.1) is 0 Å². The molecule has 184 valence electrons. The number of carbonyl (C=O) groups is 2. The van der Waals surface area contributed by atoms with Gasteiger partial charge in [-0.1, -0.05) is 52.3 Å². The molecule has 0 radical (unpaired) electrons. The number of hydrogen-bond acceptors (Lipinski definition) is 8. The summed E-state index contributed by atoms with van der Waals surface area (Å²) in [4.78, 5) is 26.9. The molecule has 2 heterocycles. The molecule has 1 aromatic carbocycles. The third-order valence-corrected chi connectivity index (χ3v) is 9.17. The van der Waals surface area contributed by atoms with E-state index < -0.39 is 6.23 Å². The summed E-state index contributed by atoms with van der Waals surface area (Å²) in [6.07, 6.45) is 5.97. The highest BCUT2D eigenvalue weighted by Crippen LogP contribution is 2.40. The number of esters is 1. The summed E-state index contributed by atoms with van der Waals surface area (Å²) in [5.74, 6) is 1.02. The zero-order chi connectivity index (χ0) is 23.5. The number of amides is 1. The van der Waals surface area contributed by atoms with Crippen LogP contribution in [0.1, 0.15) is 68.5 Å². The molecular weight excluding hydrogens is 458 g/mol. The number of benzene rings is 1. The Balaban J connectivity index is 1.38. The van der Waals surface area contributed by atoms with Crippen LogP contribution in [0.15, 0.2) is 24.3 Å². The molecule has 2 aliphatic rings. The highest BCUT2D eigenvalue weighted by Gasteiger charge is 2.32. The van der Waals surface area contributed by atoms with E-state index >= 15 is 0 Å². The summed E-state index contributed by atoms with van der Waals surface area (Å²) in [5, 5.41) is 13.8. The fourth-order valence-corrected chi connectivity index (χ4v) is 7.36. The predicted octanol–water partition coefficient (Wildman–Crippen LogP) is 3.36. The second kappa shape index (κ2) is 14.2. The lowest BCUT2D eigenvalue weighted by Gasteiger charge is -2.24. The molecule has 1 saturated heterocycles. The highest BCUT2D eigenvalue weighted by atomic mass is 33.1. The van der Waals surface area contributed by atoms with Crippen molar-refractivity contribution in [1.82, 2.24) is 10.2 Å². The summed E-state index contributed by atoms with van der Waals surface area (Å²) in [5.41, 5.74) is 7.74. The van der Waals surface area contributed by atoms with E-state index in [1.54, 1.807) is 4.90 Å². The quantitative estimate of drug-likeness (QED) is 0.156. The van der Waals surface area contributed by atoms with E-state index in [0.717, 1.165) is 42.1 Å². The number of hydrogen-bond donors (Lipinski definition) is 3. The largest absolute Gasteiger partial charge is 0.447 e. The van der Waals surface area contributed by atoms with Gasteiger partial charge in [-0.2, -0.15) is 0 Å². The molecule has 0 bridgehead atoms. The van der Waals surface area contributed by atoms with Crippen molar-refractivity contribution >= 4 is 33.5 Å². The van der Waals surface area contributed by atoms with Crippen LogP contribution in [0.25, 0.3) is 0 Å². The molecule has 3 unspecified atom stereocenters. The molecular formula is C24H37N3O4S2. The number of nitrogens with two attached hydrogens (primary N) is 1. The molecule has 1 aromatic rings. The zero-order valence-corrected chi connectivity index (χ0v) is 20.9. The Kier molecular flexibility index (Phi) is 11.3. The van der Waals surface area contributed by atoms with Crippen LogP contribution in [0.5, 0.6) is 0 Å². The minimum Gasteiger partial charge on any atom is -0.447 e. The number of unbranched alkanes of at least 4 members (excludes halogenated alkanes) is 1. The molecule has 2 aliphatic heterocycles. The minimum atomic E-state index is -0.431. The first-order chi connectivity index (χ1) is 16.1. The van der Waals surface area contributed by atoms with Crippen molar-refractivity contribution in [3.63, 3.8) is 0 Å². The maximum atomic E-state index is 12.8. The third kappa shape index (κ3) is 8.17. The molecule has 0 spiro atoms. The molecule has 0 saturated carbocycles. The Bertz CT molecular complexity index is 761. The van der Waals surface area contributed by atoms with Gasteiger partial charge in [0.2, 0.25) is 5.91 Å². The van der Waals surface area contributed by atoms with Crippen molar-refractivity contribution in [2.75, 3.05) is 25.4 Å². The lowest BCUT2D eigenvalue weighted by molar-refractivity contribution is -0.151. The van der Waals surface area contributed by atoms with Crippen molar-refractivity contribution in [2.45, 2.75) is 75.4 Å². The van der Waals surface area contributed by atoms with Crippen molar-refractivity contribution in [3.8, 4) is 0 Å². The molecule has 33 heavy (non-hydrogen) atoms. The van der Waals surface area contributed by atoms with Crippen LogP contribution in [0.4, 0.5) is 0 Å². The maximum Gasteiger partial charge on any atom is 0.307 e. The highest BCUT2D eigenvalue weighted by molar-refractivity contribution is 8.77. The van der Waals surface area contributed by atoms with E-state index in [1.165, 1.54) is 12.2 Å². The van der Waals surface area contributed by atoms with Gasteiger partial charge in [0.05, 0.1) is 12.6 Å². The molecule has 0 aliphatic carbocycles. The second-order valence-corrected chi connectivity index (χ2v) is 11.4. The van der Waals surface area contributed by atoms with Crippen LogP contribution < -0.4 is 11.1 Å². The van der Waals surface area contributed by atoms with E-state index in [9.17, 15) is 14.7 Å². The van der Waals surface area contributed by atoms with Gasteiger partial charge in [-0.15, -0.1) is 0 Å². The van der Waals surface area contributed by atoms with Gasteiger partial charge in [0.1, 0.15) is 0 Å². The number of nitrogens with zero attached hydrogens (tertiary/aromatic N) is 1. The number of aliphatic hydroxyl groups excluding tert-OH is 1. The normalized spacial score (nSPS) is 20.6. The summed E-state index contributed by atoms with van der Waals surface area (Å²) < 4.78 is 5.65. The minimum absolute atomic E-state index is 0.0235. The lowest BCUT2D eigenvalue weighted by atomic mass is 10.1.